The summed E-state index contributed by atoms with van der Waals surface area (Å²) in [6, 6.07) is 3.75. The molecule has 0 radical (unpaired) electrons. The summed E-state index contributed by atoms with van der Waals surface area (Å²) >= 11 is 1.27. The Morgan fingerprint density at radius 3 is 2.53 bits per heavy atom. The summed E-state index contributed by atoms with van der Waals surface area (Å²) in [5.74, 6) is 6.57. The van der Waals surface area contributed by atoms with Crippen LogP contribution in [0.5, 0.6) is 0 Å². The maximum absolute atomic E-state index is 13.7. The number of amides is 1. The number of anilines is 1. The molecule has 1 aliphatic carbocycles. The summed E-state index contributed by atoms with van der Waals surface area (Å²) in [6.07, 6.45) is 5.68. The molecule has 3 rings (SSSR count). The summed E-state index contributed by atoms with van der Waals surface area (Å²) in [5.41, 5.74) is 1.17. The summed E-state index contributed by atoms with van der Waals surface area (Å²) in [4.78, 5) is 29.2. The Morgan fingerprint density at radius 2 is 1.97 bits per heavy atom. The van der Waals surface area contributed by atoms with E-state index in [0.29, 0.717) is 23.0 Å². The number of carbonyl (C=O) groups excluding carboxylic acids is 2. The molecule has 2 heterocycles. The average Bonchev–Trinajstić information content (AvgIpc) is 3.35. The van der Waals surface area contributed by atoms with Crippen molar-refractivity contribution in [3.63, 3.8) is 0 Å². The van der Waals surface area contributed by atoms with Crippen molar-refractivity contribution >= 4 is 28.9 Å². The van der Waals surface area contributed by atoms with Gasteiger partial charge in [-0.15, -0.1) is 11.3 Å². The van der Waals surface area contributed by atoms with Crippen LogP contribution in [0.25, 0.3) is 0 Å². The third-order valence-electron chi connectivity index (χ3n) is 5.65. The van der Waals surface area contributed by atoms with Gasteiger partial charge in [-0.25, -0.2) is 4.79 Å². The van der Waals surface area contributed by atoms with E-state index in [0.717, 1.165) is 36.3 Å². The maximum atomic E-state index is 13.7. The highest BCUT2D eigenvalue weighted by Crippen LogP contribution is 2.36. The lowest BCUT2D eigenvalue weighted by atomic mass is 9.82. The van der Waals surface area contributed by atoms with Crippen LogP contribution in [-0.4, -0.2) is 28.8 Å². The second-order valence-electron chi connectivity index (χ2n) is 9.68. The van der Waals surface area contributed by atoms with Gasteiger partial charge in [0, 0.05) is 24.6 Å². The highest BCUT2D eigenvalue weighted by molar-refractivity contribution is 7.15. The minimum atomic E-state index is -0.454. The van der Waals surface area contributed by atoms with E-state index < -0.39 is 5.97 Å². The first kappa shape index (κ1) is 24.1. The van der Waals surface area contributed by atoms with E-state index in [1.54, 1.807) is 9.58 Å². The van der Waals surface area contributed by atoms with Gasteiger partial charge in [0.1, 0.15) is 4.88 Å². The van der Waals surface area contributed by atoms with Gasteiger partial charge in [0.15, 0.2) is 0 Å². The van der Waals surface area contributed by atoms with Crippen molar-refractivity contribution < 1.29 is 14.3 Å². The third kappa shape index (κ3) is 6.01. The predicted molar refractivity (Wildman–Crippen MR) is 128 cm³/mol. The Kier molecular flexibility index (Phi) is 7.45. The molecule has 0 unspecified atom stereocenters. The van der Waals surface area contributed by atoms with Gasteiger partial charge in [-0.2, -0.15) is 5.10 Å². The van der Waals surface area contributed by atoms with Crippen molar-refractivity contribution in [1.82, 2.24) is 9.78 Å². The molecule has 0 atom stereocenters. The zero-order valence-corrected chi connectivity index (χ0v) is 20.7. The normalized spacial score (nSPS) is 18.6. The summed E-state index contributed by atoms with van der Waals surface area (Å²) in [5, 5.41) is 4.47. The van der Waals surface area contributed by atoms with Crippen LogP contribution in [0.1, 0.15) is 73.6 Å². The van der Waals surface area contributed by atoms with Crippen molar-refractivity contribution in [2.45, 2.75) is 59.9 Å². The van der Waals surface area contributed by atoms with Crippen molar-refractivity contribution in [3.05, 3.63) is 33.8 Å². The monoisotopic (exact) mass is 455 g/mol. The number of aromatic nitrogens is 2. The number of ether oxygens (including phenoxy) is 1. The number of aryl methyl sites for hydroxylation is 1. The van der Waals surface area contributed by atoms with Gasteiger partial charge in [-0.3, -0.25) is 9.48 Å². The first-order valence-electron chi connectivity index (χ1n) is 11.1. The average molecular weight is 456 g/mol. The molecular weight excluding hydrogens is 422 g/mol. The Hall–Kier alpha value is -2.59. The van der Waals surface area contributed by atoms with E-state index in [1.807, 2.05) is 46.1 Å². The van der Waals surface area contributed by atoms with E-state index >= 15 is 0 Å². The number of rotatable bonds is 5. The van der Waals surface area contributed by atoms with Gasteiger partial charge < -0.3 is 9.64 Å². The molecule has 0 N–H and O–H groups in total. The van der Waals surface area contributed by atoms with Crippen LogP contribution in [0.15, 0.2) is 18.3 Å². The van der Waals surface area contributed by atoms with Gasteiger partial charge in [0.05, 0.1) is 29.9 Å². The SMILES string of the molecule is COC(=O)c1sc(C#CC(C)(C)C)cc1N(Cc1ccn(C)n1)C(=O)C1CCC(C)CC1. The van der Waals surface area contributed by atoms with Crippen molar-refractivity contribution in [3.8, 4) is 11.8 Å². The number of nitrogens with zero attached hydrogens (tertiary/aromatic N) is 3. The van der Waals surface area contributed by atoms with E-state index in [9.17, 15) is 9.59 Å². The molecule has 172 valence electrons. The van der Waals surface area contributed by atoms with Crippen LogP contribution >= 0.6 is 11.3 Å². The second kappa shape index (κ2) is 9.91. The van der Waals surface area contributed by atoms with Crippen LogP contribution in [0, 0.1) is 29.1 Å². The summed E-state index contributed by atoms with van der Waals surface area (Å²) in [6.45, 7) is 8.66. The van der Waals surface area contributed by atoms with Crippen molar-refractivity contribution in [1.29, 1.82) is 0 Å². The summed E-state index contributed by atoms with van der Waals surface area (Å²) in [7, 11) is 3.21. The standard InChI is InChI=1S/C25H33N3O3S/c1-17-7-9-18(10-8-17)23(29)28(16-19-12-14-27(5)26-19)21-15-20(11-13-25(2,3)4)32-22(21)24(30)31-6/h12,14-15,17-18H,7-10,16H2,1-6H3. The number of carbonyl (C=O) groups is 2. The topological polar surface area (TPSA) is 64.4 Å². The number of hydrogen-bond acceptors (Lipinski definition) is 5. The Balaban J connectivity index is 2.03. The summed E-state index contributed by atoms with van der Waals surface area (Å²) < 4.78 is 6.76. The molecule has 6 nitrogen and oxygen atoms in total. The molecular formula is C25H33N3O3S. The van der Waals surface area contributed by atoms with Gasteiger partial charge in [-0.1, -0.05) is 18.8 Å². The van der Waals surface area contributed by atoms with Gasteiger partial charge in [0.25, 0.3) is 0 Å². The smallest absolute Gasteiger partial charge is 0.350 e. The van der Waals surface area contributed by atoms with E-state index in [4.69, 9.17) is 4.74 Å². The number of thiophene rings is 1. The molecule has 0 aromatic carbocycles. The van der Waals surface area contributed by atoms with E-state index in [-0.39, 0.29) is 17.2 Å². The quantitative estimate of drug-likeness (QED) is 0.469. The Labute approximate surface area is 194 Å². The molecule has 0 aliphatic heterocycles. The van der Waals surface area contributed by atoms with Crippen LogP contribution in [-0.2, 0) is 23.1 Å². The van der Waals surface area contributed by atoms with Crippen LogP contribution < -0.4 is 4.90 Å². The molecule has 0 spiro atoms. The largest absolute Gasteiger partial charge is 0.465 e. The van der Waals surface area contributed by atoms with Gasteiger partial charge in [0.2, 0.25) is 5.91 Å². The highest BCUT2D eigenvalue weighted by Gasteiger charge is 2.32. The molecule has 7 heteroatoms. The molecule has 0 saturated heterocycles. The minimum Gasteiger partial charge on any atom is -0.465 e. The van der Waals surface area contributed by atoms with Crippen molar-refractivity contribution in [2.75, 3.05) is 12.0 Å². The third-order valence-corrected chi connectivity index (χ3v) is 6.67. The van der Waals surface area contributed by atoms with Gasteiger partial charge >= 0.3 is 5.97 Å². The zero-order chi connectivity index (χ0) is 23.5. The minimum absolute atomic E-state index is 0.0424. The predicted octanol–water partition coefficient (Wildman–Crippen LogP) is 5.03. The van der Waals surface area contributed by atoms with E-state index in [2.05, 4.69) is 23.9 Å². The lowest BCUT2D eigenvalue weighted by molar-refractivity contribution is -0.123. The van der Waals surface area contributed by atoms with Crippen molar-refractivity contribution in [2.24, 2.45) is 24.3 Å². The lowest BCUT2D eigenvalue weighted by Crippen LogP contribution is -2.38. The fourth-order valence-corrected chi connectivity index (χ4v) is 4.78. The van der Waals surface area contributed by atoms with E-state index in [1.165, 1.54) is 18.4 Å². The molecule has 1 aliphatic rings. The highest BCUT2D eigenvalue weighted by atomic mass is 32.1. The van der Waals surface area contributed by atoms with Crippen LogP contribution in [0.4, 0.5) is 5.69 Å². The Morgan fingerprint density at radius 1 is 1.28 bits per heavy atom. The fourth-order valence-electron chi connectivity index (χ4n) is 3.85. The maximum Gasteiger partial charge on any atom is 0.350 e. The number of hydrogen-bond donors (Lipinski definition) is 0. The molecule has 2 aromatic rings. The Bertz CT molecular complexity index is 1030. The molecule has 2 aromatic heterocycles. The molecule has 1 fully saturated rings. The van der Waals surface area contributed by atoms with Crippen LogP contribution in [0.3, 0.4) is 0 Å². The number of methoxy groups -OCH3 is 1. The first-order chi connectivity index (χ1) is 15.1. The zero-order valence-electron chi connectivity index (χ0n) is 19.9. The molecule has 1 saturated carbocycles. The first-order valence-corrected chi connectivity index (χ1v) is 11.9. The van der Waals surface area contributed by atoms with Crippen LogP contribution in [0.2, 0.25) is 0 Å². The second-order valence-corrected chi connectivity index (χ2v) is 10.7. The lowest BCUT2D eigenvalue weighted by Gasteiger charge is -2.30. The fraction of sp³-hybridized carbons (Fsp3) is 0.560. The molecule has 0 bridgehead atoms. The molecule has 32 heavy (non-hydrogen) atoms. The molecule has 1 amide bonds. The number of esters is 1. The van der Waals surface area contributed by atoms with Gasteiger partial charge in [-0.05, 0) is 64.5 Å².